The molecule has 1 unspecified atom stereocenters. The zero-order chi connectivity index (χ0) is 52.2. The maximum Gasteiger partial charge on any atom is 0.306 e. The Balaban J connectivity index is 4.25. The zero-order valence-corrected chi connectivity index (χ0v) is 49.2. The van der Waals surface area contributed by atoms with E-state index in [0.29, 0.717) is 19.3 Å². The lowest BCUT2D eigenvalue weighted by Crippen LogP contribution is -2.30. The van der Waals surface area contributed by atoms with Crippen LogP contribution in [0.1, 0.15) is 387 Å². The van der Waals surface area contributed by atoms with Crippen molar-refractivity contribution in [3.05, 3.63) is 0 Å². The van der Waals surface area contributed by atoms with E-state index in [1.165, 1.54) is 289 Å². The smallest absolute Gasteiger partial charge is 0.306 e. The molecule has 0 spiro atoms. The molecule has 0 radical (unpaired) electrons. The van der Waals surface area contributed by atoms with Crippen LogP contribution in [0.3, 0.4) is 0 Å². The second-order valence-electron chi connectivity index (χ2n) is 22.8. The van der Waals surface area contributed by atoms with Gasteiger partial charge in [-0.1, -0.05) is 348 Å². The van der Waals surface area contributed by atoms with Crippen LogP contribution in [0.25, 0.3) is 0 Å². The first-order valence-electron chi connectivity index (χ1n) is 33.0. The number of hydrogen-bond acceptors (Lipinski definition) is 6. The lowest BCUT2D eigenvalue weighted by molar-refractivity contribution is -0.167. The van der Waals surface area contributed by atoms with Gasteiger partial charge in [-0.15, -0.1) is 0 Å². The van der Waals surface area contributed by atoms with Crippen LogP contribution in [0, 0.1) is 0 Å². The molecular weight excluding hydrogens is 889 g/mol. The summed E-state index contributed by atoms with van der Waals surface area (Å²) in [6, 6.07) is 0. The van der Waals surface area contributed by atoms with Crippen LogP contribution in [0.2, 0.25) is 0 Å². The molecule has 0 aliphatic rings. The van der Waals surface area contributed by atoms with Crippen molar-refractivity contribution in [2.75, 3.05) is 13.2 Å². The predicted octanol–water partition coefficient (Wildman–Crippen LogP) is 22.3. The Morgan fingerprint density at radius 2 is 0.375 bits per heavy atom. The van der Waals surface area contributed by atoms with Crippen LogP contribution in [0.4, 0.5) is 0 Å². The highest BCUT2D eigenvalue weighted by Crippen LogP contribution is 2.19. The molecule has 0 heterocycles. The van der Waals surface area contributed by atoms with Gasteiger partial charge in [0, 0.05) is 19.3 Å². The summed E-state index contributed by atoms with van der Waals surface area (Å²) in [5.74, 6) is -0.823. The Hall–Kier alpha value is -1.59. The van der Waals surface area contributed by atoms with Crippen molar-refractivity contribution in [1.82, 2.24) is 0 Å². The molecule has 0 rings (SSSR count). The summed E-state index contributed by atoms with van der Waals surface area (Å²) in [4.78, 5) is 38.3. The van der Waals surface area contributed by atoms with Gasteiger partial charge < -0.3 is 14.2 Å². The monoisotopic (exact) mass is 1020 g/mol. The largest absolute Gasteiger partial charge is 0.462 e. The molecule has 0 aliphatic carbocycles. The minimum absolute atomic E-state index is 0.0604. The third-order valence-corrected chi connectivity index (χ3v) is 15.4. The topological polar surface area (TPSA) is 78.9 Å². The molecule has 0 saturated carbocycles. The first-order valence-corrected chi connectivity index (χ1v) is 33.0. The number of hydrogen-bond donors (Lipinski definition) is 0. The Morgan fingerprint density at radius 1 is 0.222 bits per heavy atom. The van der Waals surface area contributed by atoms with E-state index in [0.717, 1.165) is 57.8 Å². The maximum atomic E-state index is 12.9. The van der Waals surface area contributed by atoms with Crippen molar-refractivity contribution in [1.29, 1.82) is 0 Å². The van der Waals surface area contributed by atoms with E-state index in [9.17, 15) is 14.4 Å². The predicted molar refractivity (Wildman–Crippen MR) is 312 cm³/mol. The molecular formula is C66H128O6. The fourth-order valence-corrected chi connectivity index (χ4v) is 10.4. The van der Waals surface area contributed by atoms with Crippen molar-refractivity contribution >= 4 is 17.9 Å². The molecule has 0 saturated heterocycles. The quantitative estimate of drug-likeness (QED) is 0.0343. The zero-order valence-electron chi connectivity index (χ0n) is 49.2. The second-order valence-corrected chi connectivity index (χ2v) is 22.8. The lowest BCUT2D eigenvalue weighted by Gasteiger charge is -2.18. The van der Waals surface area contributed by atoms with Crippen LogP contribution in [-0.4, -0.2) is 37.2 Å². The van der Waals surface area contributed by atoms with Crippen LogP contribution in [0.5, 0.6) is 0 Å². The molecule has 0 fully saturated rings. The minimum Gasteiger partial charge on any atom is -0.462 e. The van der Waals surface area contributed by atoms with E-state index in [-0.39, 0.29) is 31.1 Å². The van der Waals surface area contributed by atoms with Gasteiger partial charge in [0.05, 0.1) is 0 Å². The van der Waals surface area contributed by atoms with Gasteiger partial charge in [0.1, 0.15) is 13.2 Å². The first kappa shape index (κ1) is 70.4. The molecule has 6 heteroatoms. The Morgan fingerprint density at radius 3 is 0.556 bits per heavy atom. The number of rotatable bonds is 62. The summed E-state index contributed by atoms with van der Waals surface area (Å²) >= 11 is 0. The molecule has 0 N–H and O–H groups in total. The Kier molecular flexibility index (Phi) is 60.6. The van der Waals surface area contributed by atoms with Gasteiger partial charge in [-0.3, -0.25) is 14.4 Å². The summed E-state index contributed by atoms with van der Waals surface area (Å²) in [6.45, 7) is 6.74. The van der Waals surface area contributed by atoms with E-state index in [2.05, 4.69) is 20.8 Å². The van der Waals surface area contributed by atoms with Gasteiger partial charge in [-0.05, 0) is 19.3 Å². The minimum atomic E-state index is -0.762. The summed E-state index contributed by atoms with van der Waals surface area (Å²) in [6.07, 6.45) is 71.1. The SMILES string of the molecule is CCCCCCCCCCCCCCCCCCCCCCC(=O)OCC(COC(=O)CCCCCCCCCCCCCCCC)OC(=O)CCCCCCCCCCCCCCCCCCCCCC. The normalized spacial score (nSPS) is 11.9. The summed E-state index contributed by atoms with van der Waals surface area (Å²) in [7, 11) is 0. The lowest BCUT2D eigenvalue weighted by atomic mass is 10.0. The molecule has 6 nitrogen and oxygen atoms in total. The maximum absolute atomic E-state index is 12.9. The average Bonchev–Trinajstić information content (AvgIpc) is 3.38. The fraction of sp³-hybridized carbons (Fsp3) is 0.955. The van der Waals surface area contributed by atoms with Gasteiger partial charge in [-0.25, -0.2) is 0 Å². The van der Waals surface area contributed by atoms with Gasteiger partial charge in [0.25, 0.3) is 0 Å². The molecule has 0 amide bonds. The van der Waals surface area contributed by atoms with E-state index in [4.69, 9.17) is 14.2 Å². The molecule has 72 heavy (non-hydrogen) atoms. The van der Waals surface area contributed by atoms with Crippen molar-refractivity contribution in [3.63, 3.8) is 0 Å². The third-order valence-electron chi connectivity index (χ3n) is 15.4. The number of carbonyl (C=O) groups excluding carboxylic acids is 3. The highest BCUT2D eigenvalue weighted by Gasteiger charge is 2.19. The fourth-order valence-electron chi connectivity index (χ4n) is 10.4. The molecule has 428 valence electrons. The van der Waals surface area contributed by atoms with E-state index < -0.39 is 6.10 Å². The van der Waals surface area contributed by atoms with Crippen LogP contribution >= 0.6 is 0 Å². The number of ether oxygens (including phenoxy) is 3. The highest BCUT2D eigenvalue weighted by atomic mass is 16.6. The highest BCUT2D eigenvalue weighted by molar-refractivity contribution is 5.71. The first-order chi connectivity index (χ1) is 35.5. The van der Waals surface area contributed by atoms with Gasteiger partial charge >= 0.3 is 17.9 Å². The van der Waals surface area contributed by atoms with Crippen LogP contribution in [-0.2, 0) is 28.6 Å². The standard InChI is InChI=1S/C66H128O6/c1-4-7-10-13-16-19-22-25-28-30-32-34-36-38-41-44-47-50-53-56-59-65(68)71-62-63(61-70-64(67)58-55-52-49-46-43-40-27-24-21-18-15-12-9-6-3)72-66(69)60-57-54-51-48-45-42-39-37-35-33-31-29-26-23-20-17-14-11-8-5-2/h63H,4-62H2,1-3H3. The van der Waals surface area contributed by atoms with Crippen molar-refractivity contribution in [3.8, 4) is 0 Å². The van der Waals surface area contributed by atoms with Crippen LogP contribution < -0.4 is 0 Å². The van der Waals surface area contributed by atoms with Crippen molar-refractivity contribution < 1.29 is 28.6 Å². The molecule has 0 aromatic heterocycles. The molecule has 0 aromatic rings. The molecule has 1 atom stereocenters. The van der Waals surface area contributed by atoms with Gasteiger partial charge in [0.15, 0.2) is 6.10 Å². The Bertz CT molecular complexity index is 1080. The van der Waals surface area contributed by atoms with Crippen molar-refractivity contribution in [2.45, 2.75) is 393 Å². The average molecular weight is 1020 g/mol. The summed E-state index contributed by atoms with van der Waals surface area (Å²) < 4.78 is 17.0. The number of esters is 3. The van der Waals surface area contributed by atoms with E-state index in [1.807, 2.05) is 0 Å². The summed E-state index contributed by atoms with van der Waals surface area (Å²) in [5, 5.41) is 0. The van der Waals surface area contributed by atoms with E-state index in [1.54, 1.807) is 0 Å². The van der Waals surface area contributed by atoms with Crippen molar-refractivity contribution in [2.24, 2.45) is 0 Å². The van der Waals surface area contributed by atoms with Crippen LogP contribution in [0.15, 0.2) is 0 Å². The van der Waals surface area contributed by atoms with E-state index >= 15 is 0 Å². The summed E-state index contributed by atoms with van der Waals surface area (Å²) in [5.41, 5.74) is 0. The van der Waals surface area contributed by atoms with Gasteiger partial charge in [-0.2, -0.15) is 0 Å². The number of unbranched alkanes of at least 4 members (excludes halogenated alkanes) is 51. The molecule has 0 aliphatic heterocycles. The number of carbonyl (C=O) groups is 3. The third kappa shape index (κ3) is 59.3. The Labute approximate surface area is 450 Å². The molecule has 0 bridgehead atoms. The second kappa shape index (κ2) is 62.0. The molecule has 0 aromatic carbocycles. The van der Waals surface area contributed by atoms with Gasteiger partial charge in [0.2, 0.25) is 0 Å².